The van der Waals surface area contributed by atoms with E-state index in [0.29, 0.717) is 0 Å². The summed E-state index contributed by atoms with van der Waals surface area (Å²) in [6.45, 7) is 5.80. The van der Waals surface area contributed by atoms with Crippen molar-refractivity contribution in [3.63, 3.8) is 0 Å². The molecule has 0 aromatic carbocycles. The number of β-amino-alcohol motifs (C(OH)–C–C–N with tert-alkyl or cyclic N) is 1. The molecule has 1 atom stereocenters. The Kier molecular flexibility index (Phi) is 4.35. The highest BCUT2D eigenvalue weighted by molar-refractivity contribution is 4.81. The first kappa shape index (κ1) is 12.0. The molecule has 1 N–H and O–H groups in total. The molecular weight excluding hydrogens is 176 g/mol. The number of piperidine rings is 1. The summed E-state index contributed by atoms with van der Waals surface area (Å²) >= 11 is 0. The molecule has 0 aromatic rings. The molecule has 84 valence electrons. The second-order valence-electron chi connectivity index (χ2n) is 5.07. The van der Waals surface area contributed by atoms with Gasteiger partial charge in [0.2, 0.25) is 0 Å². The van der Waals surface area contributed by atoms with Crippen molar-refractivity contribution in [2.45, 2.75) is 31.8 Å². The summed E-state index contributed by atoms with van der Waals surface area (Å²) in [5.41, 5.74) is -0.569. The summed E-state index contributed by atoms with van der Waals surface area (Å²) in [6, 6.07) is 0. The predicted molar refractivity (Wildman–Crippen MR) is 59.5 cm³/mol. The van der Waals surface area contributed by atoms with E-state index in [-0.39, 0.29) is 0 Å². The Morgan fingerprint density at radius 3 is 2.29 bits per heavy atom. The van der Waals surface area contributed by atoms with Crippen LogP contribution in [0.5, 0.6) is 0 Å². The lowest BCUT2D eigenvalue weighted by Crippen LogP contribution is -2.48. The maximum Gasteiger partial charge on any atom is 0.0871 e. The maximum atomic E-state index is 10.2. The first-order valence-corrected chi connectivity index (χ1v) is 5.59. The number of aliphatic hydroxyl groups is 1. The molecule has 0 aliphatic carbocycles. The first-order valence-electron chi connectivity index (χ1n) is 5.59. The largest absolute Gasteiger partial charge is 0.388 e. The normalized spacial score (nSPS) is 23.8. The molecule has 0 saturated carbocycles. The van der Waals surface area contributed by atoms with Crippen molar-refractivity contribution >= 4 is 0 Å². The summed E-state index contributed by atoms with van der Waals surface area (Å²) in [5, 5.41) is 10.2. The predicted octanol–water partition coefficient (Wildman–Crippen LogP) is 0.785. The number of likely N-dealkylation sites (tertiary alicyclic amines) is 1. The van der Waals surface area contributed by atoms with E-state index < -0.39 is 5.60 Å². The zero-order chi connectivity index (χ0) is 10.6. The molecule has 14 heavy (non-hydrogen) atoms. The summed E-state index contributed by atoms with van der Waals surface area (Å²) in [7, 11) is 4.01. The Bertz CT molecular complexity index is 163. The monoisotopic (exact) mass is 200 g/mol. The molecule has 0 aromatic heterocycles. The molecule has 0 bridgehead atoms. The van der Waals surface area contributed by atoms with Crippen LogP contribution in [0, 0.1) is 0 Å². The average Bonchev–Trinajstić information content (AvgIpc) is 2.02. The third-order valence-corrected chi connectivity index (χ3v) is 2.67. The molecule has 1 heterocycles. The van der Waals surface area contributed by atoms with Gasteiger partial charge < -0.3 is 14.9 Å². The van der Waals surface area contributed by atoms with E-state index in [1.54, 1.807) is 0 Å². The number of hydrogen-bond acceptors (Lipinski definition) is 3. The topological polar surface area (TPSA) is 26.7 Å². The van der Waals surface area contributed by atoms with Crippen LogP contribution in [0.15, 0.2) is 0 Å². The Balaban J connectivity index is 2.32. The molecule has 1 rings (SSSR count). The maximum absolute atomic E-state index is 10.2. The van der Waals surface area contributed by atoms with Gasteiger partial charge in [-0.05, 0) is 47.0 Å². The number of nitrogens with zero attached hydrogens (tertiary/aromatic N) is 2. The minimum absolute atomic E-state index is 0.569. The third-order valence-electron chi connectivity index (χ3n) is 2.67. The van der Waals surface area contributed by atoms with E-state index in [0.717, 1.165) is 26.2 Å². The number of rotatable bonds is 4. The van der Waals surface area contributed by atoms with Crippen LogP contribution >= 0.6 is 0 Å². The van der Waals surface area contributed by atoms with Gasteiger partial charge in [0.15, 0.2) is 0 Å². The van der Waals surface area contributed by atoms with Crippen LogP contribution in [0.2, 0.25) is 0 Å². The van der Waals surface area contributed by atoms with Crippen LogP contribution in [0.4, 0.5) is 0 Å². The van der Waals surface area contributed by atoms with Gasteiger partial charge in [0, 0.05) is 13.1 Å². The highest BCUT2D eigenvalue weighted by Crippen LogP contribution is 2.13. The van der Waals surface area contributed by atoms with E-state index in [1.165, 1.54) is 19.3 Å². The molecule has 0 amide bonds. The summed E-state index contributed by atoms with van der Waals surface area (Å²) < 4.78 is 0. The molecule has 1 saturated heterocycles. The van der Waals surface area contributed by atoms with E-state index in [1.807, 2.05) is 25.9 Å². The second kappa shape index (κ2) is 5.10. The molecule has 3 heteroatoms. The Labute approximate surface area is 87.7 Å². The Hall–Kier alpha value is -0.120. The molecule has 1 aliphatic rings. The molecule has 1 aliphatic heterocycles. The van der Waals surface area contributed by atoms with Gasteiger partial charge in [-0.2, -0.15) is 0 Å². The van der Waals surface area contributed by atoms with Crippen LogP contribution < -0.4 is 0 Å². The fourth-order valence-electron chi connectivity index (χ4n) is 2.33. The van der Waals surface area contributed by atoms with Crippen LogP contribution in [-0.4, -0.2) is 60.8 Å². The third kappa shape index (κ3) is 4.40. The van der Waals surface area contributed by atoms with Gasteiger partial charge in [0.05, 0.1) is 5.60 Å². The van der Waals surface area contributed by atoms with Crippen molar-refractivity contribution < 1.29 is 5.11 Å². The number of likely N-dealkylation sites (N-methyl/N-ethyl adjacent to an activating group) is 1. The Morgan fingerprint density at radius 2 is 1.79 bits per heavy atom. The smallest absolute Gasteiger partial charge is 0.0871 e. The van der Waals surface area contributed by atoms with Crippen molar-refractivity contribution in [1.82, 2.24) is 9.80 Å². The SMILES string of the molecule is CN(C)CC(C)(O)CN1CCCCC1. The molecule has 1 fully saturated rings. The summed E-state index contributed by atoms with van der Waals surface area (Å²) in [6.07, 6.45) is 3.93. The molecule has 3 nitrogen and oxygen atoms in total. The van der Waals surface area contributed by atoms with Crippen LogP contribution in [0.3, 0.4) is 0 Å². The van der Waals surface area contributed by atoms with Crippen LogP contribution in [-0.2, 0) is 0 Å². The molecule has 1 unspecified atom stereocenters. The van der Waals surface area contributed by atoms with E-state index in [9.17, 15) is 5.11 Å². The minimum atomic E-state index is -0.569. The second-order valence-corrected chi connectivity index (χ2v) is 5.07. The van der Waals surface area contributed by atoms with E-state index in [2.05, 4.69) is 4.90 Å². The van der Waals surface area contributed by atoms with Crippen LogP contribution in [0.25, 0.3) is 0 Å². The van der Waals surface area contributed by atoms with Gasteiger partial charge in [-0.1, -0.05) is 6.42 Å². The number of hydrogen-bond donors (Lipinski definition) is 1. The Morgan fingerprint density at radius 1 is 1.21 bits per heavy atom. The van der Waals surface area contributed by atoms with Gasteiger partial charge in [-0.3, -0.25) is 0 Å². The zero-order valence-electron chi connectivity index (χ0n) is 9.79. The molecule has 0 radical (unpaired) electrons. The van der Waals surface area contributed by atoms with Crippen molar-refractivity contribution in [3.8, 4) is 0 Å². The summed E-state index contributed by atoms with van der Waals surface area (Å²) in [4.78, 5) is 4.43. The lowest BCUT2D eigenvalue weighted by molar-refractivity contribution is -0.00424. The lowest BCUT2D eigenvalue weighted by Gasteiger charge is -2.35. The van der Waals surface area contributed by atoms with Crippen molar-refractivity contribution in [3.05, 3.63) is 0 Å². The molecule has 0 spiro atoms. The van der Waals surface area contributed by atoms with Gasteiger partial charge in [-0.25, -0.2) is 0 Å². The van der Waals surface area contributed by atoms with Crippen molar-refractivity contribution in [1.29, 1.82) is 0 Å². The average molecular weight is 200 g/mol. The van der Waals surface area contributed by atoms with Gasteiger partial charge in [0.25, 0.3) is 0 Å². The lowest BCUT2D eigenvalue weighted by atomic mass is 10.0. The molecular formula is C11H24N2O. The van der Waals surface area contributed by atoms with E-state index in [4.69, 9.17) is 0 Å². The first-order chi connectivity index (χ1) is 6.49. The van der Waals surface area contributed by atoms with Crippen molar-refractivity contribution in [2.24, 2.45) is 0 Å². The van der Waals surface area contributed by atoms with Crippen LogP contribution in [0.1, 0.15) is 26.2 Å². The zero-order valence-corrected chi connectivity index (χ0v) is 9.79. The fraction of sp³-hybridized carbons (Fsp3) is 1.00. The highest BCUT2D eigenvalue weighted by atomic mass is 16.3. The van der Waals surface area contributed by atoms with Gasteiger partial charge >= 0.3 is 0 Å². The highest BCUT2D eigenvalue weighted by Gasteiger charge is 2.25. The fourth-order valence-corrected chi connectivity index (χ4v) is 2.33. The summed E-state index contributed by atoms with van der Waals surface area (Å²) in [5.74, 6) is 0. The quantitative estimate of drug-likeness (QED) is 0.726. The van der Waals surface area contributed by atoms with Crippen molar-refractivity contribution in [2.75, 3.05) is 40.3 Å². The standard InChI is InChI=1S/C11H24N2O/c1-11(14,9-12(2)3)10-13-7-5-4-6-8-13/h14H,4-10H2,1-3H3. The van der Waals surface area contributed by atoms with Gasteiger partial charge in [0.1, 0.15) is 0 Å². The van der Waals surface area contributed by atoms with Gasteiger partial charge in [-0.15, -0.1) is 0 Å². The minimum Gasteiger partial charge on any atom is -0.388 e. The van der Waals surface area contributed by atoms with E-state index >= 15 is 0 Å².